The molecule has 0 saturated carbocycles. The second kappa shape index (κ2) is 9.57. The molecule has 0 aromatic heterocycles. The average molecular weight is 411 g/mol. The Bertz CT molecular complexity index is 766. The van der Waals surface area contributed by atoms with E-state index in [4.69, 9.17) is 29.4 Å². The van der Waals surface area contributed by atoms with Gasteiger partial charge in [-0.15, -0.1) is 0 Å². The molecule has 0 radical (unpaired) electrons. The summed E-state index contributed by atoms with van der Waals surface area (Å²) in [6.45, 7) is 3.82. The number of hydrogen-bond acceptors (Lipinski definition) is 10. The Labute approximate surface area is 167 Å². The van der Waals surface area contributed by atoms with Crippen molar-refractivity contribution in [3.05, 3.63) is 23.8 Å². The van der Waals surface area contributed by atoms with Gasteiger partial charge in [-0.2, -0.15) is 0 Å². The number of anilines is 1. The Balaban J connectivity index is 2.36. The van der Waals surface area contributed by atoms with Crippen molar-refractivity contribution in [2.24, 2.45) is 5.92 Å². The Morgan fingerprint density at radius 2 is 1.76 bits per heavy atom. The van der Waals surface area contributed by atoms with Crippen molar-refractivity contribution in [3.63, 3.8) is 0 Å². The van der Waals surface area contributed by atoms with Crippen molar-refractivity contribution in [3.8, 4) is 5.75 Å². The maximum atomic E-state index is 12.3. The van der Waals surface area contributed by atoms with Crippen LogP contribution in [-0.4, -0.2) is 54.7 Å². The van der Waals surface area contributed by atoms with Crippen molar-refractivity contribution >= 4 is 23.6 Å². The zero-order chi connectivity index (χ0) is 21.7. The number of rotatable bonds is 6. The van der Waals surface area contributed by atoms with Gasteiger partial charge in [-0.25, -0.2) is 4.79 Å². The molecule has 1 aliphatic rings. The Hall–Kier alpha value is -2.85. The molecule has 29 heavy (non-hydrogen) atoms. The van der Waals surface area contributed by atoms with Crippen LogP contribution in [-0.2, 0) is 39.9 Å². The van der Waals surface area contributed by atoms with Crippen LogP contribution >= 0.6 is 0 Å². The fraction of sp³-hybridized carbons (Fsp3) is 0.526. The highest BCUT2D eigenvalue weighted by molar-refractivity contribution is 5.77. The van der Waals surface area contributed by atoms with Gasteiger partial charge >= 0.3 is 17.9 Å². The second-order valence-electron chi connectivity index (χ2n) is 6.60. The first-order chi connectivity index (χ1) is 13.7. The SMILES string of the molecule is COC(=O)[C@H]1O[C@@H](Oc2ccc(CO)cc2N)[C@H](C)[C@@H](OC(C)=O)[C@@H]1OC(C)=O. The molecular weight excluding hydrogens is 386 g/mol. The molecule has 2 rings (SSSR count). The third-order valence-corrected chi connectivity index (χ3v) is 4.39. The van der Waals surface area contributed by atoms with E-state index < -0.39 is 48.4 Å². The summed E-state index contributed by atoms with van der Waals surface area (Å²) < 4.78 is 26.8. The predicted octanol–water partition coefficient (Wildman–Crippen LogP) is 0.537. The number of hydrogen-bond donors (Lipinski definition) is 2. The van der Waals surface area contributed by atoms with Gasteiger partial charge in [0.2, 0.25) is 6.29 Å². The van der Waals surface area contributed by atoms with Gasteiger partial charge < -0.3 is 34.5 Å². The molecule has 1 aromatic rings. The number of carbonyl (C=O) groups is 3. The molecule has 10 heteroatoms. The van der Waals surface area contributed by atoms with Crippen LogP contribution in [0.25, 0.3) is 0 Å². The van der Waals surface area contributed by atoms with E-state index in [1.807, 2.05) is 0 Å². The Morgan fingerprint density at radius 3 is 2.28 bits per heavy atom. The number of ether oxygens (including phenoxy) is 5. The van der Waals surface area contributed by atoms with Gasteiger partial charge in [0.1, 0.15) is 5.75 Å². The van der Waals surface area contributed by atoms with Crippen LogP contribution in [0.1, 0.15) is 26.3 Å². The first-order valence-corrected chi connectivity index (χ1v) is 8.91. The van der Waals surface area contributed by atoms with Gasteiger partial charge in [0.25, 0.3) is 0 Å². The summed E-state index contributed by atoms with van der Waals surface area (Å²) >= 11 is 0. The third-order valence-electron chi connectivity index (χ3n) is 4.39. The van der Waals surface area contributed by atoms with E-state index in [0.29, 0.717) is 5.56 Å². The van der Waals surface area contributed by atoms with E-state index in [1.165, 1.54) is 13.0 Å². The molecular formula is C19H25NO9. The van der Waals surface area contributed by atoms with Crippen LogP contribution in [0.2, 0.25) is 0 Å². The Kier molecular flexibility index (Phi) is 7.40. The maximum Gasteiger partial charge on any atom is 0.339 e. The van der Waals surface area contributed by atoms with E-state index >= 15 is 0 Å². The van der Waals surface area contributed by atoms with Crippen molar-refractivity contribution < 1.29 is 43.2 Å². The summed E-state index contributed by atoms with van der Waals surface area (Å²) in [5.74, 6) is -2.52. The molecule has 1 fully saturated rings. The molecule has 0 amide bonds. The minimum absolute atomic E-state index is 0.191. The highest BCUT2D eigenvalue weighted by Crippen LogP contribution is 2.34. The highest BCUT2D eigenvalue weighted by Gasteiger charge is 2.52. The van der Waals surface area contributed by atoms with Gasteiger partial charge in [-0.1, -0.05) is 13.0 Å². The van der Waals surface area contributed by atoms with Crippen molar-refractivity contribution in [2.45, 2.75) is 52.0 Å². The standard InChI is InChI=1S/C19H25NO9/c1-9-15(26-10(2)22)16(27-11(3)23)17(18(24)25-4)29-19(9)28-14-6-5-12(8-21)7-13(14)20/h5-7,9,15-17,19,21H,8,20H2,1-4H3/t9-,15-,16+,17+,19-/m1/s1. The summed E-state index contributed by atoms with van der Waals surface area (Å²) in [4.78, 5) is 35.4. The molecule has 3 N–H and O–H groups in total. The number of benzene rings is 1. The van der Waals surface area contributed by atoms with Crippen molar-refractivity contribution in [1.29, 1.82) is 0 Å². The summed E-state index contributed by atoms with van der Waals surface area (Å²) in [5.41, 5.74) is 6.78. The molecule has 160 valence electrons. The lowest BCUT2D eigenvalue weighted by atomic mass is 9.91. The first-order valence-electron chi connectivity index (χ1n) is 8.91. The predicted molar refractivity (Wildman–Crippen MR) is 98.4 cm³/mol. The van der Waals surface area contributed by atoms with Crippen LogP contribution < -0.4 is 10.5 Å². The number of methoxy groups -OCH3 is 1. The molecule has 1 aromatic carbocycles. The lowest BCUT2D eigenvalue weighted by Crippen LogP contribution is -2.60. The molecule has 1 heterocycles. The molecule has 1 saturated heterocycles. The fourth-order valence-electron chi connectivity index (χ4n) is 3.03. The zero-order valence-electron chi connectivity index (χ0n) is 16.6. The van der Waals surface area contributed by atoms with Crippen LogP contribution in [0, 0.1) is 5.92 Å². The minimum Gasteiger partial charge on any atom is -0.467 e. The number of esters is 3. The highest BCUT2D eigenvalue weighted by atomic mass is 16.7. The molecule has 10 nitrogen and oxygen atoms in total. The largest absolute Gasteiger partial charge is 0.467 e. The first kappa shape index (κ1) is 22.4. The van der Waals surface area contributed by atoms with Crippen LogP contribution in [0.5, 0.6) is 5.75 Å². The summed E-state index contributed by atoms with van der Waals surface area (Å²) in [6.07, 6.45) is -4.70. The minimum atomic E-state index is -1.38. The van der Waals surface area contributed by atoms with E-state index in [9.17, 15) is 19.5 Å². The molecule has 0 unspecified atom stereocenters. The average Bonchev–Trinajstić information content (AvgIpc) is 2.66. The van der Waals surface area contributed by atoms with E-state index in [1.54, 1.807) is 19.1 Å². The number of nitrogens with two attached hydrogens (primary N) is 1. The van der Waals surface area contributed by atoms with Gasteiger partial charge in [-0.3, -0.25) is 9.59 Å². The van der Waals surface area contributed by atoms with Crippen LogP contribution in [0.4, 0.5) is 5.69 Å². The number of nitrogen functional groups attached to an aromatic ring is 1. The lowest BCUT2D eigenvalue weighted by molar-refractivity contribution is -0.261. The fourth-order valence-corrected chi connectivity index (χ4v) is 3.03. The molecule has 5 atom stereocenters. The summed E-state index contributed by atoms with van der Waals surface area (Å²) in [7, 11) is 1.15. The lowest BCUT2D eigenvalue weighted by Gasteiger charge is -2.42. The Morgan fingerprint density at radius 1 is 1.14 bits per heavy atom. The van der Waals surface area contributed by atoms with Crippen molar-refractivity contribution in [2.75, 3.05) is 12.8 Å². The van der Waals surface area contributed by atoms with Crippen molar-refractivity contribution in [1.82, 2.24) is 0 Å². The second-order valence-corrected chi connectivity index (χ2v) is 6.60. The molecule has 0 spiro atoms. The molecule has 0 aliphatic carbocycles. The van der Waals surface area contributed by atoms with E-state index in [-0.39, 0.29) is 18.0 Å². The zero-order valence-corrected chi connectivity index (χ0v) is 16.6. The quantitative estimate of drug-likeness (QED) is 0.386. The number of carbonyl (C=O) groups excluding carboxylic acids is 3. The van der Waals surface area contributed by atoms with E-state index in [2.05, 4.69) is 0 Å². The molecule has 1 aliphatic heterocycles. The normalized spacial score (nSPS) is 26.3. The smallest absolute Gasteiger partial charge is 0.339 e. The van der Waals surface area contributed by atoms with Gasteiger partial charge in [-0.05, 0) is 17.7 Å². The van der Waals surface area contributed by atoms with E-state index in [0.717, 1.165) is 14.0 Å². The maximum absolute atomic E-state index is 12.3. The van der Waals surface area contributed by atoms with Crippen LogP contribution in [0.15, 0.2) is 18.2 Å². The molecule has 0 bridgehead atoms. The van der Waals surface area contributed by atoms with Crippen LogP contribution in [0.3, 0.4) is 0 Å². The summed E-state index contributed by atoms with van der Waals surface area (Å²) in [5, 5.41) is 9.20. The number of aliphatic hydroxyl groups is 1. The number of aliphatic hydroxyl groups excluding tert-OH is 1. The topological polar surface area (TPSA) is 144 Å². The van der Waals surface area contributed by atoms with Gasteiger partial charge in [0.15, 0.2) is 18.3 Å². The monoisotopic (exact) mass is 411 g/mol. The third kappa shape index (κ3) is 5.36. The van der Waals surface area contributed by atoms with Gasteiger partial charge in [0.05, 0.1) is 25.3 Å². The van der Waals surface area contributed by atoms with Gasteiger partial charge in [0, 0.05) is 13.8 Å². The summed E-state index contributed by atoms with van der Waals surface area (Å²) in [6, 6.07) is 4.69.